The molecule has 2 heterocycles. The van der Waals surface area contributed by atoms with Crippen LogP contribution >= 0.6 is 0 Å². The molecule has 0 spiro atoms. The first-order valence-corrected chi connectivity index (χ1v) is 6.98. The molecule has 2 nitrogen and oxygen atoms in total. The number of piperidine rings is 1. The molecule has 3 rings (SSSR count). The van der Waals surface area contributed by atoms with Gasteiger partial charge in [-0.2, -0.15) is 0 Å². The summed E-state index contributed by atoms with van der Waals surface area (Å²) in [5.74, 6) is 0. The molecule has 0 amide bonds. The van der Waals surface area contributed by atoms with Gasteiger partial charge in [-0.1, -0.05) is 24.6 Å². The Labute approximate surface area is 109 Å². The molecule has 96 valence electrons. The summed E-state index contributed by atoms with van der Waals surface area (Å²) in [6.45, 7) is 5.64. The smallest absolute Gasteiger partial charge is 0.0512 e. The molecule has 0 bridgehead atoms. The summed E-state index contributed by atoms with van der Waals surface area (Å²) >= 11 is 0. The first-order chi connectivity index (χ1) is 8.70. The second-order valence-corrected chi connectivity index (χ2v) is 5.54. The number of hydrogen-bond acceptors (Lipinski definition) is 1. The van der Waals surface area contributed by atoms with Crippen molar-refractivity contribution in [1.29, 1.82) is 0 Å². The number of rotatable bonds is 1. The quantitative estimate of drug-likeness (QED) is 0.808. The number of hydrogen-bond donors (Lipinski definition) is 1. The van der Waals surface area contributed by atoms with Gasteiger partial charge in [0, 0.05) is 24.2 Å². The zero-order valence-electron chi connectivity index (χ0n) is 11.6. The minimum absolute atomic E-state index is 0.538. The lowest BCUT2D eigenvalue weighted by atomic mass is 9.99. The Bertz CT molecular complexity index is 574. The molecular formula is C16H22N2. The summed E-state index contributed by atoms with van der Waals surface area (Å²) in [5, 5.41) is 5.09. The average molecular weight is 242 g/mol. The van der Waals surface area contributed by atoms with Gasteiger partial charge >= 0.3 is 0 Å². The third-order valence-electron chi connectivity index (χ3n) is 4.36. The Kier molecular flexibility index (Phi) is 2.90. The summed E-state index contributed by atoms with van der Waals surface area (Å²) in [6.07, 6.45) is 3.93. The monoisotopic (exact) mass is 242 g/mol. The molecule has 0 saturated carbocycles. The predicted octanol–water partition coefficient (Wildman–Crippen LogP) is 3.61. The molecule has 18 heavy (non-hydrogen) atoms. The van der Waals surface area contributed by atoms with Crippen LogP contribution in [0.4, 0.5) is 0 Å². The number of para-hydroxylation sites is 1. The Morgan fingerprint density at radius 3 is 2.72 bits per heavy atom. The van der Waals surface area contributed by atoms with Gasteiger partial charge in [0.15, 0.2) is 0 Å². The van der Waals surface area contributed by atoms with Gasteiger partial charge in [0.1, 0.15) is 0 Å². The second kappa shape index (κ2) is 4.43. The van der Waals surface area contributed by atoms with Crippen molar-refractivity contribution in [2.24, 2.45) is 7.05 Å². The van der Waals surface area contributed by atoms with E-state index >= 15 is 0 Å². The van der Waals surface area contributed by atoms with Crippen LogP contribution in [-0.2, 0) is 7.05 Å². The van der Waals surface area contributed by atoms with E-state index in [-0.39, 0.29) is 0 Å². The third-order valence-corrected chi connectivity index (χ3v) is 4.36. The van der Waals surface area contributed by atoms with Crippen molar-refractivity contribution in [1.82, 2.24) is 9.88 Å². The molecule has 1 fully saturated rings. The summed E-state index contributed by atoms with van der Waals surface area (Å²) in [5.41, 5.74) is 5.71. The lowest BCUT2D eigenvalue weighted by molar-refractivity contribution is 0.398. The van der Waals surface area contributed by atoms with E-state index in [1.54, 1.807) is 0 Å². The number of nitrogens with one attached hydrogen (secondary N) is 1. The van der Waals surface area contributed by atoms with E-state index < -0.39 is 0 Å². The SMILES string of the molecule is Cc1c(C2CCCCN2)n(C)c2c(C)cccc12. The lowest BCUT2D eigenvalue weighted by Crippen LogP contribution is -2.28. The van der Waals surface area contributed by atoms with Gasteiger partial charge in [-0.15, -0.1) is 0 Å². The van der Waals surface area contributed by atoms with Gasteiger partial charge in [-0.05, 0) is 44.4 Å². The van der Waals surface area contributed by atoms with Crippen molar-refractivity contribution in [3.8, 4) is 0 Å². The number of nitrogens with zero attached hydrogens (tertiary/aromatic N) is 1. The summed E-state index contributed by atoms with van der Waals surface area (Å²) < 4.78 is 2.41. The fourth-order valence-corrected chi connectivity index (χ4v) is 3.50. The van der Waals surface area contributed by atoms with Crippen molar-refractivity contribution < 1.29 is 0 Å². The average Bonchev–Trinajstić information content (AvgIpc) is 2.64. The normalized spacial score (nSPS) is 20.5. The highest BCUT2D eigenvalue weighted by atomic mass is 15.0. The summed E-state index contributed by atoms with van der Waals surface area (Å²) in [6, 6.07) is 7.17. The van der Waals surface area contributed by atoms with Gasteiger partial charge in [-0.3, -0.25) is 0 Å². The maximum atomic E-state index is 3.68. The second-order valence-electron chi connectivity index (χ2n) is 5.54. The van der Waals surface area contributed by atoms with E-state index in [4.69, 9.17) is 0 Å². The standard InChI is InChI=1S/C16H22N2/c1-11-7-6-8-13-12(2)16(18(3)15(11)13)14-9-4-5-10-17-14/h6-8,14,17H,4-5,9-10H2,1-3H3. The largest absolute Gasteiger partial charge is 0.346 e. The molecule has 0 aliphatic carbocycles. The van der Waals surface area contributed by atoms with Crippen LogP contribution in [0.3, 0.4) is 0 Å². The van der Waals surface area contributed by atoms with Crippen molar-refractivity contribution >= 4 is 10.9 Å². The molecule has 1 aliphatic heterocycles. The maximum Gasteiger partial charge on any atom is 0.0512 e. The van der Waals surface area contributed by atoms with Crippen LogP contribution in [0.25, 0.3) is 10.9 Å². The highest BCUT2D eigenvalue weighted by Gasteiger charge is 2.22. The number of aromatic nitrogens is 1. The topological polar surface area (TPSA) is 17.0 Å². The van der Waals surface area contributed by atoms with Crippen LogP contribution in [0.5, 0.6) is 0 Å². The minimum atomic E-state index is 0.538. The van der Waals surface area contributed by atoms with Crippen LogP contribution in [0.1, 0.15) is 42.1 Å². The molecule has 0 radical (unpaired) electrons. The number of aryl methyl sites for hydroxylation is 3. The Hall–Kier alpha value is -1.28. The third kappa shape index (κ3) is 1.67. The highest BCUT2D eigenvalue weighted by molar-refractivity contribution is 5.88. The van der Waals surface area contributed by atoms with Gasteiger partial charge in [0.25, 0.3) is 0 Å². The van der Waals surface area contributed by atoms with Crippen molar-refractivity contribution in [3.63, 3.8) is 0 Å². The Balaban J connectivity index is 2.20. The first kappa shape index (κ1) is 11.8. The molecule has 1 aliphatic rings. The summed E-state index contributed by atoms with van der Waals surface area (Å²) in [4.78, 5) is 0. The van der Waals surface area contributed by atoms with Gasteiger partial charge < -0.3 is 9.88 Å². The highest BCUT2D eigenvalue weighted by Crippen LogP contribution is 2.33. The zero-order chi connectivity index (χ0) is 12.7. The molecule has 1 N–H and O–H groups in total. The van der Waals surface area contributed by atoms with E-state index in [1.807, 2.05) is 0 Å². The fraction of sp³-hybridized carbons (Fsp3) is 0.500. The Morgan fingerprint density at radius 1 is 1.22 bits per heavy atom. The van der Waals surface area contributed by atoms with E-state index in [1.165, 1.54) is 47.0 Å². The van der Waals surface area contributed by atoms with Gasteiger partial charge in [0.05, 0.1) is 5.52 Å². The predicted molar refractivity (Wildman–Crippen MR) is 77.0 cm³/mol. The number of fused-ring (bicyclic) bond motifs is 1. The first-order valence-electron chi connectivity index (χ1n) is 6.98. The molecule has 2 aromatic rings. The van der Waals surface area contributed by atoms with Crippen LogP contribution in [0.2, 0.25) is 0 Å². The Morgan fingerprint density at radius 2 is 2.06 bits per heavy atom. The van der Waals surface area contributed by atoms with Crippen LogP contribution in [-0.4, -0.2) is 11.1 Å². The number of benzene rings is 1. The molecule has 1 aromatic carbocycles. The van der Waals surface area contributed by atoms with Crippen LogP contribution in [0, 0.1) is 13.8 Å². The van der Waals surface area contributed by atoms with Crippen molar-refractivity contribution in [2.75, 3.05) is 6.54 Å². The fourth-order valence-electron chi connectivity index (χ4n) is 3.50. The van der Waals surface area contributed by atoms with Gasteiger partial charge in [-0.25, -0.2) is 0 Å². The van der Waals surface area contributed by atoms with Crippen LogP contribution < -0.4 is 5.32 Å². The summed E-state index contributed by atoms with van der Waals surface area (Å²) in [7, 11) is 2.22. The molecule has 1 atom stereocenters. The lowest BCUT2D eigenvalue weighted by Gasteiger charge is -2.25. The van der Waals surface area contributed by atoms with Gasteiger partial charge in [0.2, 0.25) is 0 Å². The molecule has 1 aromatic heterocycles. The van der Waals surface area contributed by atoms with E-state index in [0.717, 1.165) is 6.54 Å². The van der Waals surface area contributed by atoms with Crippen LogP contribution in [0.15, 0.2) is 18.2 Å². The van der Waals surface area contributed by atoms with E-state index in [0.29, 0.717) is 6.04 Å². The van der Waals surface area contributed by atoms with Crippen molar-refractivity contribution in [3.05, 3.63) is 35.0 Å². The molecule has 1 unspecified atom stereocenters. The molecular weight excluding hydrogens is 220 g/mol. The van der Waals surface area contributed by atoms with E-state index in [9.17, 15) is 0 Å². The van der Waals surface area contributed by atoms with Crippen molar-refractivity contribution in [2.45, 2.75) is 39.2 Å². The van der Waals surface area contributed by atoms with E-state index in [2.05, 4.69) is 49.0 Å². The minimum Gasteiger partial charge on any atom is -0.346 e. The maximum absolute atomic E-state index is 3.68. The zero-order valence-corrected chi connectivity index (χ0v) is 11.6. The molecule has 1 saturated heterocycles. The molecule has 2 heteroatoms.